The minimum atomic E-state index is -0.0604. The molecule has 0 aromatic heterocycles. The Hall–Kier alpha value is -0.0400. The van der Waals surface area contributed by atoms with Crippen molar-refractivity contribution < 1.29 is 5.11 Å². The standard InChI is InChI=1S/C7H12O/c1-6-2-4-7(8)5-3-6/h1,6-8H,2-5H2. The molecule has 0 spiro atoms. The SMILES string of the molecule is [CH]C1CCC(O)CC1. The monoisotopic (exact) mass is 112 g/mol. The lowest BCUT2D eigenvalue weighted by molar-refractivity contribution is 0.117. The summed E-state index contributed by atoms with van der Waals surface area (Å²) in [4.78, 5) is 0. The van der Waals surface area contributed by atoms with Crippen LogP contribution in [-0.2, 0) is 0 Å². The zero-order valence-electron chi connectivity index (χ0n) is 5.01. The topological polar surface area (TPSA) is 20.2 Å². The number of rotatable bonds is 0. The Bertz CT molecular complexity index is 52.8. The molecule has 0 aromatic rings. The summed E-state index contributed by atoms with van der Waals surface area (Å²) >= 11 is 0. The van der Waals surface area contributed by atoms with E-state index in [9.17, 15) is 0 Å². The van der Waals surface area contributed by atoms with Crippen LogP contribution in [-0.4, -0.2) is 11.2 Å². The van der Waals surface area contributed by atoms with Gasteiger partial charge in [0.05, 0.1) is 6.10 Å². The van der Waals surface area contributed by atoms with Gasteiger partial charge in [-0.3, -0.25) is 0 Å². The maximum atomic E-state index is 8.97. The minimum Gasteiger partial charge on any atom is -0.393 e. The fourth-order valence-corrected chi connectivity index (χ4v) is 1.10. The average Bonchev–Trinajstić information content (AvgIpc) is 1.77. The molecule has 1 rings (SSSR count). The largest absolute Gasteiger partial charge is 0.393 e. The molecule has 1 nitrogen and oxygen atoms in total. The second kappa shape index (κ2) is 2.49. The number of aliphatic hydroxyl groups excluding tert-OH is 1. The molecule has 0 amide bonds. The van der Waals surface area contributed by atoms with Gasteiger partial charge in [-0.25, -0.2) is 0 Å². The van der Waals surface area contributed by atoms with Crippen LogP contribution in [0.3, 0.4) is 0 Å². The van der Waals surface area contributed by atoms with Crippen LogP contribution in [0.2, 0.25) is 0 Å². The molecule has 0 aliphatic heterocycles. The van der Waals surface area contributed by atoms with Crippen molar-refractivity contribution in [3.8, 4) is 0 Å². The number of hydrogen-bond donors (Lipinski definition) is 1. The van der Waals surface area contributed by atoms with Gasteiger partial charge in [-0.2, -0.15) is 0 Å². The van der Waals surface area contributed by atoms with Crippen molar-refractivity contribution >= 4 is 0 Å². The van der Waals surface area contributed by atoms with E-state index in [1.54, 1.807) is 0 Å². The first-order chi connectivity index (χ1) is 3.79. The smallest absolute Gasteiger partial charge is 0.0540 e. The summed E-state index contributed by atoms with van der Waals surface area (Å²) in [6, 6.07) is 0. The van der Waals surface area contributed by atoms with E-state index in [0.29, 0.717) is 5.92 Å². The van der Waals surface area contributed by atoms with Crippen molar-refractivity contribution in [3.63, 3.8) is 0 Å². The summed E-state index contributed by atoms with van der Waals surface area (Å²) in [7, 11) is 0. The van der Waals surface area contributed by atoms with Gasteiger partial charge in [-0.1, -0.05) is 0 Å². The Morgan fingerprint density at radius 3 is 2.00 bits per heavy atom. The zero-order valence-corrected chi connectivity index (χ0v) is 5.01. The van der Waals surface area contributed by atoms with Gasteiger partial charge in [-0.15, -0.1) is 0 Å². The van der Waals surface area contributed by atoms with Gasteiger partial charge in [0.1, 0.15) is 0 Å². The summed E-state index contributed by atoms with van der Waals surface area (Å²) in [5, 5.41) is 8.97. The van der Waals surface area contributed by atoms with Crippen LogP contribution >= 0.6 is 0 Å². The predicted molar refractivity (Wildman–Crippen MR) is 32.3 cm³/mol. The third-order valence-corrected chi connectivity index (χ3v) is 1.74. The molecule has 0 bridgehead atoms. The summed E-state index contributed by atoms with van der Waals surface area (Å²) in [6.45, 7) is 5.59. The maximum Gasteiger partial charge on any atom is 0.0540 e. The molecule has 0 atom stereocenters. The molecule has 0 saturated heterocycles. The van der Waals surface area contributed by atoms with Gasteiger partial charge >= 0.3 is 0 Å². The van der Waals surface area contributed by atoms with Gasteiger partial charge in [0, 0.05) is 0 Å². The van der Waals surface area contributed by atoms with Gasteiger partial charge in [-0.05, 0) is 38.5 Å². The van der Waals surface area contributed by atoms with E-state index in [1.807, 2.05) is 0 Å². The molecule has 1 fully saturated rings. The highest BCUT2D eigenvalue weighted by Gasteiger charge is 2.14. The van der Waals surface area contributed by atoms with Crippen LogP contribution in [0.5, 0.6) is 0 Å². The molecule has 46 valence electrons. The van der Waals surface area contributed by atoms with E-state index in [0.717, 1.165) is 25.7 Å². The van der Waals surface area contributed by atoms with Gasteiger partial charge in [0.25, 0.3) is 0 Å². The minimum absolute atomic E-state index is 0.0604. The zero-order chi connectivity index (χ0) is 5.98. The van der Waals surface area contributed by atoms with Gasteiger partial charge in [0.15, 0.2) is 0 Å². The second-order valence-corrected chi connectivity index (χ2v) is 2.57. The molecule has 2 radical (unpaired) electrons. The maximum absolute atomic E-state index is 8.97. The third kappa shape index (κ3) is 1.48. The van der Waals surface area contributed by atoms with Crippen molar-refractivity contribution in [3.05, 3.63) is 6.92 Å². The van der Waals surface area contributed by atoms with E-state index < -0.39 is 0 Å². The highest BCUT2D eigenvalue weighted by Crippen LogP contribution is 2.22. The van der Waals surface area contributed by atoms with Crippen molar-refractivity contribution in [1.29, 1.82) is 0 Å². The molecule has 0 unspecified atom stereocenters. The molecule has 8 heavy (non-hydrogen) atoms. The molecular weight excluding hydrogens is 100 g/mol. The molecule has 1 saturated carbocycles. The van der Waals surface area contributed by atoms with Crippen LogP contribution in [0.25, 0.3) is 0 Å². The predicted octanol–water partition coefficient (Wildman–Crippen LogP) is 1.25. The summed E-state index contributed by atoms with van der Waals surface area (Å²) < 4.78 is 0. The van der Waals surface area contributed by atoms with Gasteiger partial charge in [0.2, 0.25) is 0 Å². The summed E-state index contributed by atoms with van der Waals surface area (Å²) in [6.07, 6.45) is 3.75. The first kappa shape index (κ1) is 6.09. The lowest BCUT2D eigenvalue weighted by Gasteiger charge is -2.21. The highest BCUT2D eigenvalue weighted by molar-refractivity contribution is 4.72. The Morgan fingerprint density at radius 1 is 1.12 bits per heavy atom. The molecule has 1 aliphatic rings. The molecule has 1 aliphatic carbocycles. The summed E-state index contributed by atoms with van der Waals surface area (Å²) in [5.41, 5.74) is 0. The van der Waals surface area contributed by atoms with E-state index >= 15 is 0 Å². The second-order valence-electron chi connectivity index (χ2n) is 2.57. The molecular formula is C7H12O. The van der Waals surface area contributed by atoms with E-state index in [2.05, 4.69) is 0 Å². The molecule has 0 aromatic carbocycles. The molecule has 1 N–H and O–H groups in total. The van der Waals surface area contributed by atoms with Crippen molar-refractivity contribution in [1.82, 2.24) is 0 Å². The lowest BCUT2D eigenvalue weighted by atomic mass is 9.89. The fraction of sp³-hybridized carbons (Fsp3) is 0.857. The van der Waals surface area contributed by atoms with Gasteiger partial charge < -0.3 is 5.11 Å². The number of hydrogen-bond acceptors (Lipinski definition) is 1. The van der Waals surface area contributed by atoms with Crippen molar-refractivity contribution in [2.24, 2.45) is 5.92 Å². The van der Waals surface area contributed by atoms with Crippen LogP contribution in [0.1, 0.15) is 25.7 Å². The first-order valence-electron chi connectivity index (χ1n) is 3.22. The Morgan fingerprint density at radius 2 is 1.62 bits per heavy atom. The average molecular weight is 112 g/mol. The quantitative estimate of drug-likeness (QED) is 0.500. The van der Waals surface area contributed by atoms with E-state index in [1.165, 1.54) is 0 Å². The van der Waals surface area contributed by atoms with Crippen molar-refractivity contribution in [2.45, 2.75) is 31.8 Å². The normalized spacial score (nSPS) is 39.8. The van der Waals surface area contributed by atoms with E-state index in [-0.39, 0.29) is 6.10 Å². The molecule has 0 heterocycles. The lowest BCUT2D eigenvalue weighted by Crippen LogP contribution is -2.15. The van der Waals surface area contributed by atoms with Crippen LogP contribution < -0.4 is 0 Å². The Labute approximate surface area is 50.7 Å². The van der Waals surface area contributed by atoms with Crippen LogP contribution in [0, 0.1) is 12.8 Å². The Kier molecular flexibility index (Phi) is 1.90. The fourth-order valence-electron chi connectivity index (χ4n) is 1.10. The Balaban J connectivity index is 2.19. The third-order valence-electron chi connectivity index (χ3n) is 1.74. The molecule has 1 heteroatoms. The highest BCUT2D eigenvalue weighted by atomic mass is 16.3. The van der Waals surface area contributed by atoms with E-state index in [4.69, 9.17) is 12.0 Å². The number of aliphatic hydroxyl groups is 1. The first-order valence-corrected chi connectivity index (χ1v) is 3.22. The summed E-state index contributed by atoms with van der Waals surface area (Å²) in [5.74, 6) is 0.360. The van der Waals surface area contributed by atoms with Crippen LogP contribution in [0.4, 0.5) is 0 Å². The van der Waals surface area contributed by atoms with Crippen LogP contribution in [0.15, 0.2) is 0 Å². The van der Waals surface area contributed by atoms with Crippen molar-refractivity contribution in [2.75, 3.05) is 0 Å².